The number of halogens is 3. The second-order valence-electron chi connectivity index (χ2n) is 6.38. The first-order chi connectivity index (χ1) is 11.2. The Bertz CT molecular complexity index is 735. The van der Waals surface area contributed by atoms with Crippen LogP contribution in [0.4, 0.5) is 16.0 Å². The Kier molecular flexibility index (Phi) is 6.47. The van der Waals surface area contributed by atoms with Crippen molar-refractivity contribution in [1.82, 2.24) is 9.97 Å². The fraction of sp³-hybridized carbons (Fsp3) is 0.444. The molecule has 0 atom stereocenters. The van der Waals surface area contributed by atoms with Gasteiger partial charge in [0.1, 0.15) is 5.82 Å². The third-order valence-electron chi connectivity index (χ3n) is 4.82. The molecule has 1 aromatic heterocycles. The smallest absolute Gasteiger partial charge is 0.225 e. The molecular formula is C18H23Cl2FN4. The lowest BCUT2D eigenvalue weighted by molar-refractivity contribution is 0.624. The van der Waals surface area contributed by atoms with Crippen molar-refractivity contribution < 1.29 is 4.39 Å². The van der Waals surface area contributed by atoms with E-state index in [9.17, 15) is 4.39 Å². The second kappa shape index (κ2) is 8.19. The summed E-state index contributed by atoms with van der Waals surface area (Å²) in [6.45, 7) is 5.81. The molecule has 1 saturated heterocycles. The molecule has 0 amide bonds. The Hall–Kier alpha value is -1.59. The molecule has 1 fully saturated rings. The van der Waals surface area contributed by atoms with Crippen LogP contribution in [-0.4, -0.2) is 29.6 Å². The van der Waals surface area contributed by atoms with E-state index in [2.05, 4.69) is 16.7 Å². The summed E-state index contributed by atoms with van der Waals surface area (Å²) in [4.78, 5) is 14.0. The van der Waals surface area contributed by atoms with Gasteiger partial charge in [-0.15, -0.1) is 24.8 Å². The third-order valence-corrected chi connectivity index (χ3v) is 4.82. The van der Waals surface area contributed by atoms with Crippen molar-refractivity contribution in [2.24, 2.45) is 0 Å². The zero-order chi connectivity index (χ0) is 15.8. The standard InChI is InChI=1S/C18H21FN4.2ClH/c1-13-16-12-23(15-6-4-5-14(19)11-15)10-7-17(16)21-18(20-13)22-8-2-3-9-22;;/h4-6,11H,2-3,7-10,12H2,1H3;2*1H. The van der Waals surface area contributed by atoms with Crippen molar-refractivity contribution in [2.75, 3.05) is 29.4 Å². The highest BCUT2D eigenvalue weighted by atomic mass is 35.5. The molecule has 136 valence electrons. The van der Waals surface area contributed by atoms with Gasteiger partial charge >= 0.3 is 0 Å². The average Bonchev–Trinajstić information content (AvgIpc) is 3.09. The summed E-state index contributed by atoms with van der Waals surface area (Å²) in [5, 5.41) is 0. The van der Waals surface area contributed by atoms with E-state index >= 15 is 0 Å². The molecule has 0 bridgehead atoms. The van der Waals surface area contributed by atoms with Gasteiger partial charge in [-0.05, 0) is 38.0 Å². The predicted octanol–water partition coefficient (Wildman–Crippen LogP) is 3.93. The predicted molar refractivity (Wildman–Crippen MR) is 104 cm³/mol. The molecule has 0 radical (unpaired) electrons. The van der Waals surface area contributed by atoms with Gasteiger partial charge < -0.3 is 9.80 Å². The molecule has 2 aliphatic rings. The lowest BCUT2D eigenvalue weighted by Crippen LogP contribution is -2.33. The van der Waals surface area contributed by atoms with Gasteiger partial charge in [-0.2, -0.15) is 0 Å². The van der Waals surface area contributed by atoms with Gasteiger partial charge in [0.25, 0.3) is 0 Å². The highest BCUT2D eigenvalue weighted by Crippen LogP contribution is 2.27. The summed E-state index contributed by atoms with van der Waals surface area (Å²) in [6, 6.07) is 6.81. The lowest BCUT2D eigenvalue weighted by Gasteiger charge is -2.31. The maximum Gasteiger partial charge on any atom is 0.225 e. The molecule has 0 N–H and O–H groups in total. The summed E-state index contributed by atoms with van der Waals surface area (Å²) in [5.74, 6) is 0.698. The van der Waals surface area contributed by atoms with E-state index in [-0.39, 0.29) is 30.6 Å². The zero-order valence-electron chi connectivity index (χ0n) is 14.2. The molecule has 4 rings (SSSR count). The van der Waals surface area contributed by atoms with E-state index in [0.717, 1.165) is 55.6 Å². The van der Waals surface area contributed by atoms with Crippen LogP contribution in [0.3, 0.4) is 0 Å². The van der Waals surface area contributed by atoms with E-state index < -0.39 is 0 Å². The van der Waals surface area contributed by atoms with Crippen LogP contribution in [0.25, 0.3) is 0 Å². The van der Waals surface area contributed by atoms with Crippen LogP contribution < -0.4 is 9.80 Å². The van der Waals surface area contributed by atoms with Gasteiger partial charge in [0.15, 0.2) is 0 Å². The van der Waals surface area contributed by atoms with Crippen molar-refractivity contribution in [1.29, 1.82) is 0 Å². The van der Waals surface area contributed by atoms with Gasteiger partial charge in [0.2, 0.25) is 5.95 Å². The number of fused-ring (bicyclic) bond motifs is 1. The van der Waals surface area contributed by atoms with Gasteiger partial charge in [0, 0.05) is 49.5 Å². The third kappa shape index (κ3) is 3.98. The number of hydrogen-bond acceptors (Lipinski definition) is 4. The fourth-order valence-corrected chi connectivity index (χ4v) is 3.51. The molecule has 1 aromatic carbocycles. The van der Waals surface area contributed by atoms with Crippen LogP contribution in [0.5, 0.6) is 0 Å². The number of nitrogens with zero attached hydrogens (tertiary/aromatic N) is 4. The first kappa shape index (κ1) is 19.7. The van der Waals surface area contributed by atoms with Crippen molar-refractivity contribution >= 4 is 36.4 Å². The number of anilines is 2. The van der Waals surface area contributed by atoms with Gasteiger partial charge in [-0.3, -0.25) is 0 Å². The topological polar surface area (TPSA) is 32.3 Å². The molecule has 2 aromatic rings. The van der Waals surface area contributed by atoms with Crippen molar-refractivity contribution in [3.63, 3.8) is 0 Å². The first-order valence-electron chi connectivity index (χ1n) is 8.32. The van der Waals surface area contributed by atoms with Crippen molar-refractivity contribution in [3.05, 3.63) is 47.0 Å². The molecule has 7 heteroatoms. The minimum atomic E-state index is -0.189. The van der Waals surface area contributed by atoms with Crippen LogP contribution in [0.1, 0.15) is 29.8 Å². The Labute approximate surface area is 160 Å². The average molecular weight is 385 g/mol. The molecule has 0 unspecified atom stereocenters. The maximum atomic E-state index is 13.5. The number of aryl methyl sites for hydroxylation is 1. The number of rotatable bonds is 2. The monoisotopic (exact) mass is 384 g/mol. The van der Waals surface area contributed by atoms with E-state index in [1.54, 1.807) is 12.1 Å². The van der Waals surface area contributed by atoms with Gasteiger partial charge in [0.05, 0.1) is 5.69 Å². The summed E-state index contributed by atoms with van der Waals surface area (Å²) in [7, 11) is 0. The minimum Gasteiger partial charge on any atom is -0.367 e. The summed E-state index contributed by atoms with van der Waals surface area (Å²) in [6.07, 6.45) is 3.34. The molecular weight excluding hydrogens is 362 g/mol. The normalized spacial score (nSPS) is 16.1. The first-order valence-corrected chi connectivity index (χ1v) is 8.32. The molecule has 0 saturated carbocycles. The Morgan fingerprint density at radius 2 is 1.76 bits per heavy atom. The van der Waals surface area contributed by atoms with Crippen LogP contribution in [0.2, 0.25) is 0 Å². The van der Waals surface area contributed by atoms with Crippen molar-refractivity contribution in [3.8, 4) is 0 Å². The van der Waals surface area contributed by atoms with Gasteiger partial charge in [-0.1, -0.05) is 6.07 Å². The van der Waals surface area contributed by atoms with E-state index in [0.29, 0.717) is 0 Å². The SMILES string of the molecule is Cc1nc(N2CCCC2)nc2c1CN(c1cccc(F)c1)CC2.Cl.Cl. The van der Waals surface area contributed by atoms with E-state index in [4.69, 9.17) is 9.97 Å². The fourth-order valence-electron chi connectivity index (χ4n) is 3.51. The van der Waals surface area contributed by atoms with Gasteiger partial charge in [-0.25, -0.2) is 14.4 Å². The highest BCUT2D eigenvalue weighted by molar-refractivity contribution is 5.85. The summed E-state index contributed by atoms with van der Waals surface area (Å²) < 4.78 is 13.5. The molecule has 25 heavy (non-hydrogen) atoms. The summed E-state index contributed by atoms with van der Waals surface area (Å²) >= 11 is 0. The largest absolute Gasteiger partial charge is 0.367 e. The van der Waals surface area contributed by atoms with Crippen LogP contribution in [-0.2, 0) is 13.0 Å². The quantitative estimate of drug-likeness (QED) is 0.784. The molecule has 0 spiro atoms. The maximum absolute atomic E-state index is 13.5. The Morgan fingerprint density at radius 1 is 1.00 bits per heavy atom. The number of aromatic nitrogens is 2. The summed E-state index contributed by atoms with van der Waals surface area (Å²) in [5.41, 5.74) is 4.34. The van der Waals surface area contributed by atoms with Crippen LogP contribution >= 0.6 is 24.8 Å². The van der Waals surface area contributed by atoms with E-state index in [1.807, 2.05) is 6.07 Å². The second-order valence-corrected chi connectivity index (χ2v) is 6.38. The molecule has 2 aliphatic heterocycles. The molecule has 4 nitrogen and oxygen atoms in total. The zero-order valence-corrected chi connectivity index (χ0v) is 15.9. The van der Waals surface area contributed by atoms with Crippen LogP contribution in [0, 0.1) is 12.7 Å². The van der Waals surface area contributed by atoms with Crippen molar-refractivity contribution in [2.45, 2.75) is 32.7 Å². The molecule has 0 aliphatic carbocycles. The van der Waals surface area contributed by atoms with Crippen LogP contribution in [0.15, 0.2) is 24.3 Å². The lowest BCUT2D eigenvalue weighted by atomic mass is 10.0. The Morgan fingerprint density at radius 3 is 2.48 bits per heavy atom. The minimum absolute atomic E-state index is 0. The molecule has 3 heterocycles. The van der Waals surface area contributed by atoms with E-state index in [1.165, 1.54) is 24.5 Å². The number of benzene rings is 1. The highest BCUT2D eigenvalue weighted by Gasteiger charge is 2.23. The number of hydrogen-bond donors (Lipinski definition) is 0. The Balaban J connectivity index is 0.00000113.